The van der Waals surface area contributed by atoms with Gasteiger partial charge in [0.25, 0.3) is 0 Å². The maximum Gasteiger partial charge on any atom is 0.224 e. The molecule has 0 saturated carbocycles. The van der Waals surface area contributed by atoms with E-state index in [1.807, 2.05) is 0 Å². The van der Waals surface area contributed by atoms with Crippen LogP contribution < -0.4 is 9.80 Å². The summed E-state index contributed by atoms with van der Waals surface area (Å²) in [6, 6.07) is 17.3. The zero-order valence-electron chi connectivity index (χ0n) is 34.6. The van der Waals surface area contributed by atoms with Gasteiger partial charge in [0, 0.05) is 33.5 Å². The second kappa shape index (κ2) is 11.6. The first-order chi connectivity index (χ1) is 27.7. The zero-order chi connectivity index (χ0) is 41.5. The third-order valence-electron chi connectivity index (χ3n) is 8.16. The van der Waals surface area contributed by atoms with E-state index < -0.39 is 72.1 Å². The average Bonchev–Trinajstić information content (AvgIpc) is 3.23. The third kappa shape index (κ3) is 4.64. The lowest BCUT2D eigenvalue weighted by molar-refractivity contribution is 0.624. The molecule has 48 heavy (non-hydrogen) atoms. The van der Waals surface area contributed by atoms with Crippen LogP contribution in [0.4, 0.5) is 48.6 Å². The molecule has 0 atom stereocenters. The lowest BCUT2D eigenvalue weighted by Gasteiger charge is -2.29. The highest BCUT2D eigenvalue weighted by atomic mass is 19.1. The van der Waals surface area contributed by atoms with Crippen molar-refractivity contribution in [1.82, 2.24) is 0 Å². The van der Waals surface area contributed by atoms with E-state index in [1.165, 1.54) is 34.1 Å². The van der Waals surface area contributed by atoms with Crippen LogP contribution in [0.15, 0.2) is 145 Å². The van der Waals surface area contributed by atoms with Gasteiger partial charge in [-0.1, -0.05) is 72.7 Å². The molecule has 8 aromatic rings. The van der Waals surface area contributed by atoms with Gasteiger partial charge in [-0.05, 0) is 94.2 Å². The van der Waals surface area contributed by atoms with Crippen LogP contribution in [0, 0.1) is 29.5 Å². The Hall–Kier alpha value is -6.76. The normalized spacial score (nSPS) is 14.0. The highest BCUT2D eigenvalue weighted by molar-refractivity contribution is 6.28. The molecule has 8 rings (SSSR count). The molecule has 0 aliphatic carbocycles. The summed E-state index contributed by atoms with van der Waals surface area (Å²) in [4.78, 5) is 6.07. The Morgan fingerprint density at radius 1 is 0.583 bits per heavy atom. The smallest absolute Gasteiger partial charge is 0.224 e. The number of halogens is 2. The molecule has 0 aliphatic rings. The van der Waals surface area contributed by atoms with Gasteiger partial charge < -0.3 is 9.80 Å². The Kier molecular flexibility index (Phi) is 4.74. The van der Waals surface area contributed by atoms with Gasteiger partial charge in [-0.2, -0.15) is 5.26 Å². The number of anilines is 6. The quantitative estimate of drug-likeness (QED) is 0.135. The summed E-state index contributed by atoms with van der Waals surface area (Å²) in [6.07, 6.45) is 0. The van der Waals surface area contributed by atoms with Crippen LogP contribution in [0.1, 0.15) is 19.3 Å². The number of nitrogens with zero attached hydrogens (tertiary/aromatic N) is 4. The molecule has 8 aromatic carbocycles. The fourth-order valence-electron chi connectivity index (χ4n) is 6.11. The minimum absolute atomic E-state index is 0.131. The van der Waals surface area contributed by atoms with E-state index in [-0.39, 0.29) is 34.0 Å². The first-order valence-electron chi connectivity index (χ1n) is 19.5. The molecular formula is C42H24F2N4. The van der Waals surface area contributed by atoms with Crippen LogP contribution in [-0.4, -0.2) is 0 Å². The van der Waals surface area contributed by atoms with Crippen molar-refractivity contribution in [2.24, 2.45) is 0 Å². The van der Waals surface area contributed by atoms with Gasteiger partial charge in [-0.3, -0.25) is 0 Å². The van der Waals surface area contributed by atoms with Gasteiger partial charge in [-0.15, -0.1) is 0 Å². The third-order valence-corrected chi connectivity index (χ3v) is 8.16. The van der Waals surface area contributed by atoms with Crippen LogP contribution in [0.2, 0.25) is 0 Å². The van der Waals surface area contributed by atoms with E-state index >= 15 is 0 Å². The predicted molar refractivity (Wildman–Crippen MR) is 190 cm³/mol. The van der Waals surface area contributed by atoms with Crippen LogP contribution in [0.5, 0.6) is 0 Å². The maximum atomic E-state index is 14.7. The molecule has 0 bridgehead atoms. The second-order valence-electron chi connectivity index (χ2n) is 10.7. The summed E-state index contributed by atoms with van der Waals surface area (Å²) in [5, 5.41) is 13.4. The summed E-state index contributed by atoms with van der Waals surface area (Å²) in [5.41, 5.74) is -0.308. The standard InChI is InChI=1S/C42H24F2N4/c1-46-38-25-33(17-21-37(38)44)48(31-10-6-3-7-11-31)40-23-15-28-12-18-34-39(22-14-27-13-19-35(40)42(28)41(27)34)47(30-8-4-2-5-9-30)32-16-20-36(43)29(24-32)26-45/h2-25H/i2D,3D,4D,5D,6D,7D,8D,9D,10D,11D. The first-order valence-corrected chi connectivity index (χ1v) is 14.5. The molecular weight excluding hydrogens is 598 g/mol. The summed E-state index contributed by atoms with van der Waals surface area (Å²) in [5.74, 6) is -1.63. The molecule has 4 nitrogen and oxygen atoms in total. The molecule has 0 amide bonds. The van der Waals surface area contributed by atoms with Crippen molar-refractivity contribution in [1.29, 1.82) is 5.26 Å². The van der Waals surface area contributed by atoms with E-state index in [0.29, 0.717) is 43.7 Å². The molecule has 0 aromatic heterocycles. The Morgan fingerprint density at radius 3 is 1.56 bits per heavy atom. The molecule has 6 heteroatoms. The Balaban J connectivity index is 1.49. The fraction of sp³-hybridized carbons (Fsp3) is 0. The molecule has 226 valence electrons. The predicted octanol–water partition coefficient (Wildman–Crippen LogP) is 12.2. The number of benzene rings is 8. The van der Waals surface area contributed by atoms with E-state index in [1.54, 1.807) is 54.6 Å². The topological polar surface area (TPSA) is 34.6 Å². The highest BCUT2D eigenvalue weighted by Crippen LogP contribution is 2.47. The molecule has 0 heterocycles. The molecule has 0 aliphatic heterocycles. The maximum absolute atomic E-state index is 14.7. The van der Waals surface area contributed by atoms with E-state index in [2.05, 4.69) is 4.85 Å². The Bertz CT molecular complexity index is 2890. The van der Waals surface area contributed by atoms with Crippen LogP contribution in [0.3, 0.4) is 0 Å². The Morgan fingerprint density at radius 2 is 1.06 bits per heavy atom. The van der Waals surface area contributed by atoms with Crippen molar-refractivity contribution in [3.8, 4) is 6.07 Å². The number of hydrogen-bond acceptors (Lipinski definition) is 3. The van der Waals surface area contributed by atoms with Gasteiger partial charge >= 0.3 is 0 Å². The Labute approximate surface area is 289 Å². The molecule has 0 saturated heterocycles. The van der Waals surface area contributed by atoms with Crippen molar-refractivity contribution in [3.05, 3.63) is 174 Å². The van der Waals surface area contributed by atoms with Crippen molar-refractivity contribution in [3.63, 3.8) is 0 Å². The SMILES string of the molecule is [2H]c1c([2H])c([2H])c(N(c2ccc(F)c(C#N)c2)c2ccc3ccc4c(N(c5ccc(F)c([N+]#[C-])c5)c5c([2H])c([2H])c([2H])c([2H])c5[2H])ccc5ccc2c3c54)c([2H])c1[2H]. The second-order valence-corrected chi connectivity index (χ2v) is 10.7. The van der Waals surface area contributed by atoms with Gasteiger partial charge in [-0.25, -0.2) is 13.6 Å². The zero-order valence-corrected chi connectivity index (χ0v) is 24.6. The van der Waals surface area contributed by atoms with E-state index in [9.17, 15) is 14.0 Å². The largest absolute Gasteiger partial charge is 0.311 e. The van der Waals surface area contributed by atoms with Gasteiger partial charge in [0.1, 0.15) is 17.7 Å². The number of rotatable bonds is 6. The molecule has 0 radical (unpaired) electrons. The monoisotopic (exact) mass is 632 g/mol. The fourth-order valence-corrected chi connectivity index (χ4v) is 6.11. The summed E-state index contributed by atoms with van der Waals surface area (Å²) in [7, 11) is 0. The summed E-state index contributed by atoms with van der Waals surface area (Å²) in [6.45, 7) is 7.57. The van der Waals surface area contributed by atoms with Crippen LogP contribution >= 0.6 is 0 Å². The summed E-state index contributed by atoms with van der Waals surface area (Å²) < 4.78 is 115. The average molecular weight is 633 g/mol. The number of para-hydroxylation sites is 2. The van der Waals surface area contributed by atoms with Crippen molar-refractivity contribution >= 4 is 72.1 Å². The van der Waals surface area contributed by atoms with Crippen LogP contribution in [0.25, 0.3) is 37.2 Å². The molecule has 0 spiro atoms. The molecule has 0 N–H and O–H groups in total. The van der Waals surface area contributed by atoms with Crippen molar-refractivity contribution < 1.29 is 22.5 Å². The number of nitriles is 1. The van der Waals surface area contributed by atoms with Gasteiger partial charge in [0.15, 0.2) is 0 Å². The van der Waals surface area contributed by atoms with Crippen molar-refractivity contribution in [2.45, 2.75) is 0 Å². The molecule has 0 unspecified atom stereocenters. The van der Waals surface area contributed by atoms with E-state index in [0.717, 1.165) is 12.1 Å². The van der Waals surface area contributed by atoms with Crippen molar-refractivity contribution in [2.75, 3.05) is 9.80 Å². The van der Waals surface area contributed by atoms with Gasteiger partial charge in [0.05, 0.1) is 37.2 Å². The lowest BCUT2D eigenvalue weighted by Crippen LogP contribution is -2.11. The first kappa shape index (κ1) is 19.7. The minimum atomic E-state index is -0.816. The minimum Gasteiger partial charge on any atom is -0.311 e. The van der Waals surface area contributed by atoms with Crippen LogP contribution in [-0.2, 0) is 0 Å². The van der Waals surface area contributed by atoms with Gasteiger partial charge in [0.2, 0.25) is 5.69 Å². The highest BCUT2D eigenvalue weighted by Gasteiger charge is 2.22. The molecule has 0 fully saturated rings. The summed E-state index contributed by atoms with van der Waals surface area (Å²) >= 11 is 0. The number of hydrogen-bond donors (Lipinski definition) is 0. The van der Waals surface area contributed by atoms with E-state index in [4.69, 9.17) is 20.3 Å². The lowest BCUT2D eigenvalue weighted by atomic mass is 9.91.